The molecule has 100 valence electrons. The maximum atomic E-state index is 5.48. The quantitative estimate of drug-likeness (QED) is 0.728. The molecule has 1 aliphatic rings. The molecule has 0 spiro atoms. The number of hydrogen-bond donors (Lipinski definition) is 2. The number of hydrogen-bond acceptors (Lipinski definition) is 3. The Morgan fingerprint density at radius 2 is 2.17 bits per heavy atom. The third-order valence-electron chi connectivity index (χ3n) is 3.77. The van der Waals surface area contributed by atoms with Crippen molar-refractivity contribution in [3.05, 3.63) is 29.8 Å². The largest absolute Gasteiger partial charge is 0.497 e. The maximum absolute atomic E-state index is 5.48. The molecule has 3 N–H and O–H groups in total. The van der Waals surface area contributed by atoms with Crippen LogP contribution in [0.15, 0.2) is 24.3 Å². The third-order valence-corrected chi connectivity index (χ3v) is 3.77. The van der Waals surface area contributed by atoms with Gasteiger partial charge in [0.25, 0.3) is 0 Å². The number of rotatable bonds is 7. The monoisotopic (exact) mass is 248 g/mol. The molecule has 1 aliphatic carbocycles. The molecule has 1 fully saturated rings. The fraction of sp³-hybridized carbons (Fsp3) is 0.600. The molecule has 0 amide bonds. The van der Waals surface area contributed by atoms with E-state index < -0.39 is 0 Å². The van der Waals surface area contributed by atoms with Crippen molar-refractivity contribution in [3.8, 4) is 5.75 Å². The summed E-state index contributed by atoms with van der Waals surface area (Å²) < 4.78 is 5.26. The van der Waals surface area contributed by atoms with Crippen LogP contribution in [0.4, 0.5) is 0 Å². The van der Waals surface area contributed by atoms with E-state index in [2.05, 4.69) is 23.5 Å². The van der Waals surface area contributed by atoms with Crippen molar-refractivity contribution in [3.63, 3.8) is 0 Å². The lowest BCUT2D eigenvalue weighted by atomic mass is 9.76. The Balaban J connectivity index is 1.71. The summed E-state index contributed by atoms with van der Waals surface area (Å²) in [4.78, 5) is 0. The predicted octanol–water partition coefficient (Wildman–Crippen LogP) is 2.27. The molecule has 1 saturated carbocycles. The Labute approximate surface area is 110 Å². The van der Waals surface area contributed by atoms with Crippen LogP contribution in [-0.4, -0.2) is 26.2 Å². The van der Waals surface area contributed by atoms with Gasteiger partial charge < -0.3 is 15.8 Å². The number of nitrogens with one attached hydrogen (secondary N) is 1. The van der Waals surface area contributed by atoms with Gasteiger partial charge in [-0.3, -0.25) is 0 Å². The zero-order valence-electron chi connectivity index (χ0n) is 11.2. The van der Waals surface area contributed by atoms with Gasteiger partial charge in [-0.15, -0.1) is 0 Å². The lowest BCUT2D eigenvalue weighted by Crippen LogP contribution is -2.40. The molecule has 0 heterocycles. The Bertz CT molecular complexity index is 361. The number of unbranched alkanes of at least 4 members (excludes halogenated alkanes) is 1. The summed E-state index contributed by atoms with van der Waals surface area (Å²) in [5.74, 6) is 1.67. The van der Waals surface area contributed by atoms with E-state index >= 15 is 0 Å². The molecule has 2 rings (SSSR count). The smallest absolute Gasteiger partial charge is 0.119 e. The molecule has 1 aromatic carbocycles. The molecule has 0 radical (unpaired) electrons. The molecule has 3 nitrogen and oxygen atoms in total. The average molecular weight is 248 g/mol. The summed E-state index contributed by atoms with van der Waals surface area (Å²) in [5, 5.41) is 3.60. The summed E-state index contributed by atoms with van der Waals surface area (Å²) in [6.45, 7) is 1.91. The first-order valence-corrected chi connectivity index (χ1v) is 6.91. The maximum Gasteiger partial charge on any atom is 0.119 e. The highest BCUT2D eigenvalue weighted by atomic mass is 16.5. The first kappa shape index (κ1) is 13.4. The van der Waals surface area contributed by atoms with E-state index in [0.717, 1.165) is 25.3 Å². The Morgan fingerprint density at radius 1 is 1.33 bits per heavy atom. The van der Waals surface area contributed by atoms with E-state index in [0.29, 0.717) is 12.0 Å². The molecule has 0 aromatic heterocycles. The lowest BCUT2D eigenvalue weighted by molar-refractivity contribution is 0.289. The highest BCUT2D eigenvalue weighted by Gasteiger charge is 2.29. The lowest BCUT2D eigenvalue weighted by Gasteiger charge is -2.36. The highest BCUT2D eigenvalue weighted by Crippen LogP contribution is 2.37. The third kappa shape index (κ3) is 3.47. The van der Waals surface area contributed by atoms with E-state index in [-0.39, 0.29) is 0 Å². The number of methoxy groups -OCH3 is 1. The second kappa shape index (κ2) is 6.76. The van der Waals surface area contributed by atoms with Crippen molar-refractivity contribution < 1.29 is 4.74 Å². The molecule has 0 aliphatic heterocycles. The first-order chi connectivity index (χ1) is 8.83. The van der Waals surface area contributed by atoms with Crippen molar-refractivity contribution >= 4 is 0 Å². The Hall–Kier alpha value is -1.06. The predicted molar refractivity (Wildman–Crippen MR) is 75.0 cm³/mol. The SMILES string of the molecule is COc1cccc(C2CC(NCCCCN)C2)c1. The van der Waals surface area contributed by atoms with Crippen molar-refractivity contribution in [1.29, 1.82) is 0 Å². The van der Waals surface area contributed by atoms with Crippen LogP contribution in [-0.2, 0) is 0 Å². The van der Waals surface area contributed by atoms with E-state index in [1.807, 2.05) is 6.07 Å². The van der Waals surface area contributed by atoms with Gasteiger partial charge in [0.2, 0.25) is 0 Å². The van der Waals surface area contributed by atoms with Gasteiger partial charge in [0, 0.05) is 6.04 Å². The van der Waals surface area contributed by atoms with E-state index in [4.69, 9.17) is 10.5 Å². The van der Waals surface area contributed by atoms with Crippen LogP contribution >= 0.6 is 0 Å². The van der Waals surface area contributed by atoms with E-state index in [9.17, 15) is 0 Å². The van der Waals surface area contributed by atoms with Gasteiger partial charge in [-0.05, 0) is 62.4 Å². The van der Waals surface area contributed by atoms with Crippen LogP contribution in [0.5, 0.6) is 5.75 Å². The van der Waals surface area contributed by atoms with Crippen LogP contribution in [0.25, 0.3) is 0 Å². The van der Waals surface area contributed by atoms with E-state index in [1.54, 1.807) is 7.11 Å². The molecule has 0 bridgehead atoms. The van der Waals surface area contributed by atoms with Crippen LogP contribution in [0.3, 0.4) is 0 Å². The van der Waals surface area contributed by atoms with Crippen LogP contribution < -0.4 is 15.8 Å². The molecule has 0 unspecified atom stereocenters. The summed E-state index contributed by atoms with van der Waals surface area (Å²) in [6, 6.07) is 9.15. The van der Waals surface area contributed by atoms with Crippen LogP contribution in [0.2, 0.25) is 0 Å². The molecular weight excluding hydrogens is 224 g/mol. The minimum absolute atomic E-state index is 0.693. The fourth-order valence-electron chi connectivity index (χ4n) is 2.53. The van der Waals surface area contributed by atoms with Gasteiger partial charge in [-0.2, -0.15) is 0 Å². The summed E-state index contributed by atoms with van der Waals surface area (Å²) >= 11 is 0. The summed E-state index contributed by atoms with van der Waals surface area (Å²) in [7, 11) is 1.72. The second-order valence-corrected chi connectivity index (χ2v) is 5.09. The number of benzene rings is 1. The molecule has 1 aromatic rings. The first-order valence-electron chi connectivity index (χ1n) is 6.91. The number of ether oxygens (including phenoxy) is 1. The Kier molecular flexibility index (Phi) is 5.02. The topological polar surface area (TPSA) is 47.3 Å². The minimum Gasteiger partial charge on any atom is -0.497 e. The van der Waals surface area contributed by atoms with Crippen molar-refractivity contribution in [2.24, 2.45) is 5.73 Å². The zero-order valence-corrected chi connectivity index (χ0v) is 11.2. The van der Waals surface area contributed by atoms with Crippen molar-refractivity contribution in [2.45, 2.75) is 37.6 Å². The van der Waals surface area contributed by atoms with Crippen LogP contribution in [0, 0.1) is 0 Å². The second-order valence-electron chi connectivity index (χ2n) is 5.09. The summed E-state index contributed by atoms with van der Waals surface area (Å²) in [5.41, 5.74) is 6.89. The molecule has 18 heavy (non-hydrogen) atoms. The van der Waals surface area contributed by atoms with E-state index in [1.165, 1.54) is 24.8 Å². The van der Waals surface area contributed by atoms with Gasteiger partial charge in [0.15, 0.2) is 0 Å². The number of nitrogens with two attached hydrogens (primary N) is 1. The van der Waals surface area contributed by atoms with Crippen molar-refractivity contribution in [2.75, 3.05) is 20.2 Å². The van der Waals surface area contributed by atoms with Crippen molar-refractivity contribution in [1.82, 2.24) is 5.32 Å². The summed E-state index contributed by atoms with van der Waals surface area (Å²) in [6.07, 6.45) is 4.81. The van der Waals surface area contributed by atoms with Gasteiger partial charge in [0.05, 0.1) is 7.11 Å². The standard InChI is InChI=1S/C15H24N2O/c1-18-15-6-4-5-12(11-15)13-9-14(10-13)17-8-3-2-7-16/h4-6,11,13-14,17H,2-3,7-10,16H2,1H3. The molecule has 0 saturated heterocycles. The van der Waals surface area contributed by atoms with Gasteiger partial charge in [0.1, 0.15) is 5.75 Å². The zero-order chi connectivity index (χ0) is 12.8. The fourth-order valence-corrected chi connectivity index (χ4v) is 2.53. The van der Waals surface area contributed by atoms with Crippen LogP contribution in [0.1, 0.15) is 37.2 Å². The molecule has 0 atom stereocenters. The van der Waals surface area contributed by atoms with Gasteiger partial charge in [-0.25, -0.2) is 0 Å². The van der Waals surface area contributed by atoms with Gasteiger partial charge in [-0.1, -0.05) is 12.1 Å². The molecular formula is C15H24N2O. The molecule has 3 heteroatoms. The minimum atomic E-state index is 0.693. The Morgan fingerprint density at radius 3 is 2.89 bits per heavy atom. The normalized spacial score (nSPS) is 22.6. The average Bonchev–Trinajstić information content (AvgIpc) is 2.36. The highest BCUT2D eigenvalue weighted by molar-refractivity contribution is 5.32. The van der Waals surface area contributed by atoms with Gasteiger partial charge >= 0.3 is 0 Å².